The van der Waals surface area contributed by atoms with Crippen molar-refractivity contribution in [3.8, 4) is 0 Å². The quantitative estimate of drug-likeness (QED) is 0.911. The summed E-state index contributed by atoms with van der Waals surface area (Å²) in [6, 6.07) is 8.54. The Kier molecular flexibility index (Phi) is 4.79. The second-order valence-corrected chi connectivity index (χ2v) is 5.09. The van der Waals surface area contributed by atoms with Crippen LogP contribution in [0.5, 0.6) is 0 Å². The molecule has 0 aliphatic carbocycles. The molecule has 1 atom stereocenters. The third-order valence-corrected chi connectivity index (χ3v) is 3.22. The van der Waals surface area contributed by atoms with Crippen LogP contribution in [0.25, 0.3) is 0 Å². The summed E-state index contributed by atoms with van der Waals surface area (Å²) >= 11 is 0. The summed E-state index contributed by atoms with van der Waals surface area (Å²) in [6.07, 6.45) is 2.29. The Morgan fingerprint density at radius 3 is 2.55 bits per heavy atom. The maximum atomic E-state index is 12.9. The van der Waals surface area contributed by atoms with Crippen molar-refractivity contribution in [1.82, 2.24) is 9.97 Å². The highest BCUT2D eigenvalue weighted by Crippen LogP contribution is 2.10. The molecule has 1 aromatic carbocycles. The molecule has 0 spiro atoms. The maximum absolute atomic E-state index is 12.9. The number of hydrogen-bond donors (Lipinski definition) is 1. The third kappa shape index (κ3) is 4.10. The van der Waals surface area contributed by atoms with Crippen LogP contribution in [0.15, 0.2) is 30.3 Å². The van der Waals surface area contributed by atoms with Crippen molar-refractivity contribution in [3.63, 3.8) is 0 Å². The van der Waals surface area contributed by atoms with Gasteiger partial charge in [-0.2, -0.15) is 0 Å². The van der Waals surface area contributed by atoms with Gasteiger partial charge in [0.05, 0.1) is 0 Å². The average molecular weight is 273 g/mol. The van der Waals surface area contributed by atoms with Crippen LogP contribution in [0, 0.1) is 12.7 Å². The van der Waals surface area contributed by atoms with E-state index < -0.39 is 0 Å². The van der Waals surface area contributed by atoms with Crippen molar-refractivity contribution in [1.29, 1.82) is 0 Å². The zero-order chi connectivity index (χ0) is 14.5. The SMILES string of the molecule is CCC(N)Cc1cc(C)nc(Cc2ccc(F)cc2)n1. The lowest BCUT2D eigenvalue weighted by molar-refractivity contribution is 0.626. The van der Waals surface area contributed by atoms with Crippen molar-refractivity contribution in [2.45, 2.75) is 39.2 Å². The highest BCUT2D eigenvalue weighted by atomic mass is 19.1. The highest BCUT2D eigenvalue weighted by molar-refractivity contribution is 5.21. The predicted molar refractivity (Wildman–Crippen MR) is 77.9 cm³/mol. The molecule has 2 N–H and O–H groups in total. The molecule has 1 unspecified atom stereocenters. The molecule has 106 valence electrons. The minimum atomic E-state index is -0.228. The molecule has 2 aromatic rings. The number of hydrogen-bond acceptors (Lipinski definition) is 3. The van der Waals surface area contributed by atoms with Crippen LogP contribution in [0.4, 0.5) is 4.39 Å². The minimum absolute atomic E-state index is 0.128. The van der Waals surface area contributed by atoms with Gasteiger partial charge in [0.1, 0.15) is 11.6 Å². The van der Waals surface area contributed by atoms with Crippen molar-refractivity contribution >= 4 is 0 Å². The van der Waals surface area contributed by atoms with E-state index in [1.165, 1.54) is 12.1 Å². The summed E-state index contributed by atoms with van der Waals surface area (Å²) < 4.78 is 12.9. The lowest BCUT2D eigenvalue weighted by Gasteiger charge is -2.10. The van der Waals surface area contributed by atoms with Crippen LogP contribution in [0.2, 0.25) is 0 Å². The average Bonchev–Trinajstić information content (AvgIpc) is 2.40. The Morgan fingerprint density at radius 2 is 1.90 bits per heavy atom. The van der Waals surface area contributed by atoms with Crippen molar-refractivity contribution in [2.75, 3.05) is 0 Å². The number of benzene rings is 1. The first-order valence-corrected chi connectivity index (χ1v) is 6.90. The topological polar surface area (TPSA) is 51.8 Å². The van der Waals surface area contributed by atoms with Gasteiger partial charge in [-0.15, -0.1) is 0 Å². The molecule has 0 saturated carbocycles. The summed E-state index contributed by atoms with van der Waals surface area (Å²) in [7, 11) is 0. The van der Waals surface area contributed by atoms with Gasteiger partial charge in [-0.25, -0.2) is 14.4 Å². The minimum Gasteiger partial charge on any atom is -0.327 e. The Balaban J connectivity index is 2.17. The zero-order valence-electron chi connectivity index (χ0n) is 11.9. The number of nitrogens with two attached hydrogens (primary N) is 1. The molecule has 0 radical (unpaired) electrons. The predicted octanol–water partition coefficient (Wildman–Crippen LogP) is 2.79. The molecule has 0 saturated heterocycles. The maximum Gasteiger partial charge on any atom is 0.133 e. The summed E-state index contributed by atoms with van der Waals surface area (Å²) in [5, 5.41) is 0. The Morgan fingerprint density at radius 1 is 1.20 bits per heavy atom. The summed E-state index contributed by atoms with van der Waals surface area (Å²) in [6.45, 7) is 4.02. The van der Waals surface area contributed by atoms with Gasteiger partial charge in [-0.05, 0) is 37.1 Å². The van der Waals surface area contributed by atoms with Gasteiger partial charge in [0.15, 0.2) is 0 Å². The van der Waals surface area contributed by atoms with Crippen LogP contribution >= 0.6 is 0 Å². The van der Waals surface area contributed by atoms with E-state index in [1.54, 1.807) is 12.1 Å². The number of aryl methyl sites for hydroxylation is 1. The van der Waals surface area contributed by atoms with Crippen molar-refractivity contribution in [3.05, 3.63) is 58.9 Å². The molecule has 0 aliphatic heterocycles. The van der Waals surface area contributed by atoms with Gasteiger partial charge in [-0.1, -0.05) is 19.1 Å². The van der Waals surface area contributed by atoms with Crippen LogP contribution in [0.3, 0.4) is 0 Å². The number of rotatable bonds is 5. The second kappa shape index (κ2) is 6.57. The molecule has 20 heavy (non-hydrogen) atoms. The third-order valence-electron chi connectivity index (χ3n) is 3.22. The summed E-state index contributed by atoms with van der Waals surface area (Å²) in [5.74, 6) is 0.531. The van der Waals surface area contributed by atoms with Gasteiger partial charge < -0.3 is 5.73 Å². The number of aromatic nitrogens is 2. The molecule has 0 fully saturated rings. The van der Waals surface area contributed by atoms with E-state index in [9.17, 15) is 4.39 Å². The molecule has 2 rings (SSSR count). The first-order chi connectivity index (χ1) is 9.56. The fourth-order valence-electron chi connectivity index (χ4n) is 2.08. The van der Waals surface area contributed by atoms with E-state index in [2.05, 4.69) is 16.9 Å². The Bertz CT molecular complexity index is 566. The van der Waals surface area contributed by atoms with E-state index in [0.29, 0.717) is 6.42 Å². The van der Waals surface area contributed by atoms with Crippen LogP contribution in [0.1, 0.15) is 36.1 Å². The first kappa shape index (κ1) is 14.6. The smallest absolute Gasteiger partial charge is 0.133 e. The fourth-order valence-corrected chi connectivity index (χ4v) is 2.08. The molecule has 4 heteroatoms. The molecular formula is C16H20FN3. The van der Waals surface area contributed by atoms with E-state index in [0.717, 1.165) is 35.6 Å². The molecule has 0 amide bonds. The first-order valence-electron chi connectivity index (χ1n) is 6.90. The normalized spacial score (nSPS) is 12.4. The second-order valence-electron chi connectivity index (χ2n) is 5.09. The lowest BCUT2D eigenvalue weighted by atomic mass is 10.1. The Labute approximate surface area is 119 Å². The fraction of sp³-hybridized carbons (Fsp3) is 0.375. The van der Waals surface area contributed by atoms with Gasteiger partial charge in [-0.3, -0.25) is 0 Å². The highest BCUT2D eigenvalue weighted by Gasteiger charge is 2.07. The Hall–Kier alpha value is -1.81. The molecule has 0 bridgehead atoms. The molecular weight excluding hydrogens is 253 g/mol. The zero-order valence-corrected chi connectivity index (χ0v) is 11.9. The summed E-state index contributed by atoms with van der Waals surface area (Å²) in [5.41, 5.74) is 8.89. The van der Waals surface area contributed by atoms with Crippen LogP contribution < -0.4 is 5.73 Å². The number of halogens is 1. The molecule has 1 aromatic heterocycles. The summed E-state index contributed by atoms with van der Waals surface area (Å²) in [4.78, 5) is 8.99. The monoisotopic (exact) mass is 273 g/mol. The van der Waals surface area contributed by atoms with E-state index in [-0.39, 0.29) is 11.9 Å². The largest absolute Gasteiger partial charge is 0.327 e. The van der Waals surface area contributed by atoms with Crippen molar-refractivity contribution in [2.24, 2.45) is 5.73 Å². The lowest BCUT2D eigenvalue weighted by Crippen LogP contribution is -2.22. The van der Waals surface area contributed by atoms with E-state index in [1.807, 2.05) is 13.0 Å². The van der Waals surface area contributed by atoms with Gasteiger partial charge in [0.2, 0.25) is 0 Å². The number of nitrogens with zero attached hydrogens (tertiary/aromatic N) is 2. The van der Waals surface area contributed by atoms with Crippen LogP contribution in [-0.4, -0.2) is 16.0 Å². The van der Waals surface area contributed by atoms with Gasteiger partial charge in [0, 0.05) is 30.3 Å². The standard InChI is InChI=1S/C16H20FN3/c1-3-14(18)10-15-8-11(2)19-16(20-15)9-12-4-6-13(17)7-5-12/h4-8,14H,3,9-10,18H2,1-2H3. The molecule has 0 aliphatic rings. The molecule has 3 nitrogen and oxygen atoms in total. The van der Waals surface area contributed by atoms with E-state index >= 15 is 0 Å². The van der Waals surface area contributed by atoms with Gasteiger partial charge >= 0.3 is 0 Å². The van der Waals surface area contributed by atoms with Crippen molar-refractivity contribution < 1.29 is 4.39 Å². The molecule has 1 heterocycles. The van der Waals surface area contributed by atoms with Gasteiger partial charge in [0.25, 0.3) is 0 Å². The van der Waals surface area contributed by atoms with Crippen LogP contribution in [-0.2, 0) is 12.8 Å². The van der Waals surface area contributed by atoms with E-state index in [4.69, 9.17) is 5.73 Å².